The highest BCUT2D eigenvalue weighted by Crippen LogP contribution is 2.13. The predicted octanol–water partition coefficient (Wildman–Crippen LogP) is 0.318. The minimum Gasteiger partial charge on any atom is -0.477 e. The summed E-state index contributed by atoms with van der Waals surface area (Å²) in [5.74, 6) is -1.03. The lowest BCUT2D eigenvalue weighted by atomic mass is 10.2. The van der Waals surface area contributed by atoms with Gasteiger partial charge in [0.15, 0.2) is 5.65 Å². The molecule has 0 saturated carbocycles. The molecule has 2 heterocycles. The maximum Gasteiger partial charge on any atom is 0.341 e. The zero-order chi connectivity index (χ0) is 10.3. The van der Waals surface area contributed by atoms with Gasteiger partial charge in [0.05, 0.1) is 23.8 Å². The average Bonchev–Trinajstić information content (AvgIpc) is 2.39. The summed E-state index contributed by atoms with van der Waals surface area (Å²) in [6.45, 7) is 1.62. The number of carboxylic acid groups (broad SMARTS) is 1. The van der Waals surface area contributed by atoms with E-state index in [4.69, 9.17) is 10.8 Å². The number of hydrogen-bond donors (Lipinski definition) is 2. The van der Waals surface area contributed by atoms with Gasteiger partial charge in [0.2, 0.25) is 0 Å². The largest absolute Gasteiger partial charge is 0.477 e. The van der Waals surface area contributed by atoms with Crippen molar-refractivity contribution in [2.24, 2.45) is 0 Å². The SMILES string of the molecule is Cc1nn2cc(N)cnc2c1C(=O)O. The number of anilines is 1. The maximum atomic E-state index is 10.9. The fourth-order valence-electron chi connectivity index (χ4n) is 1.31. The molecule has 2 aromatic heterocycles. The Labute approximate surface area is 79.0 Å². The Kier molecular flexibility index (Phi) is 1.63. The van der Waals surface area contributed by atoms with Crippen LogP contribution in [0.2, 0.25) is 0 Å². The van der Waals surface area contributed by atoms with E-state index in [-0.39, 0.29) is 5.56 Å². The van der Waals surface area contributed by atoms with E-state index in [1.165, 1.54) is 16.9 Å². The molecular weight excluding hydrogens is 184 g/mol. The fraction of sp³-hybridized carbons (Fsp3) is 0.125. The highest BCUT2D eigenvalue weighted by Gasteiger charge is 2.16. The maximum absolute atomic E-state index is 10.9. The van der Waals surface area contributed by atoms with Crippen molar-refractivity contribution in [3.63, 3.8) is 0 Å². The second-order valence-electron chi connectivity index (χ2n) is 2.92. The minimum absolute atomic E-state index is 0.116. The number of hydrogen-bond acceptors (Lipinski definition) is 4. The lowest BCUT2D eigenvalue weighted by Crippen LogP contribution is -1.99. The van der Waals surface area contributed by atoms with Crippen molar-refractivity contribution in [3.8, 4) is 0 Å². The van der Waals surface area contributed by atoms with E-state index in [1.807, 2.05) is 0 Å². The summed E-state index contributed by atoms with van der Waals surface area (Å²) >= 11 is 0. The summed E-state index contributed by atoms with van der Waals surface area (Å²) in [7, 11) is 0. The summed E-state index contributed by atoms with van der Waals surface area (Å²) in [4.78, 5) is 14.8. The molecule has 0 bridgehead atoms. The number of carbonyl (C=O) groups is 1. The second-order valence-corrected chi connectivity index (χ2v) is 2.92. The van der Waals surface area contributed by atoms with Gasteiger partial charge in [0, 0.05) is 0 Å². The molecule has 3 N–H and O–H groups in total. The third kappa shape index (κ3) is 1.08. The van der Waals surface area contributed by atoms with Crippen molar-refractivity contribution < 1.29 is 9.90 Å². The van der Waals surface area contributed by atoms with E-state index in [2.05, 4.69) is 10.1 Å². The fourth-order valence-corrected chi connectivity index (χ4v) is 1.31. The van der Waals surface area contributed by atoms with E-state index in [9.17, 15) is 4.79 Å². The molecule has 6 nitrogen and oxygen atoms in total. The van der Waals surface area contributed by atoms with Gasteiger partial charge in [-0.3, -0.25) is 0 Å². The van der Waals surface area contributed by atoms with Crippen LogP contribution in [0.1, 0.15) is 16.1 Å². The van der Waals surface area contributed by atoms with E-state index in [1.54, 1.807) is 6.92 Å². The smallest absolute Gasteiger partial charge is 0.341 e. The van der Waals surface area contributed by atoms with Crippen LogP contribution in [0.3, 0.4) is 0 Å². The highest BCUT2D eigenvalue weighted by molar-refractivity contribution is 5.95. The first-order chi connectivity index (χ1) is 6.59. The van der Waals surface area contributed by atoms with E-state index < -0.39 is 5.97 Å². The van der Waals surface area contributed by atoms with Crippen LogP contribution in [0.5, 0.6) is 0 Å². The van der Waals surface area contributed by atoms with Gasteiger partial charge in [0.25, 0.3) is 0 Å². The van der Waals surface area contributed by atoms with Gasteiger partial charge < -0.3 is 10.8 Å². The minimum atomic E-state index is -1.03. The van der Waals surface area contributed by atoms with Crippen LogP contribution in [-0.2, 0) is 0 Å². The molecule has 0 saturated heterocycles. The number of aromatic nitrogens is 3. The predicted molar refractivity (Wildman–Crippen MR) is 49.1 cm³/mol. The first kappa shape index (κ1) is 8.49. The summed E-state index contributed by atoms with van der Waals surface area (Å²) in [5.41, 5.74) is 6.78. The van der Waals surface area contributed by atoms with Crippen LogP contribution < -0.4 is 5.73 Å². The Morgan fingerprint density at radius 2 is 2.36 bits per heavy atom. The molecule has 0 spiro atoms. The van der Waals surface area contributed by atoms with Gasteiger partial charge in [-0.15, -0.1) is 0 Å². The van der Waals surface area contributed by atoms with Crippen molar-refractivity contribution >= 4 is 17.3 Å². The molecule has 2 rings (SSSR count). The number of aryl methyl sites for hydroxylation is 1. The Morgan fingerprint density at radius 1 is 1.64 bits per heavy atom. The zero-order valence-electron chi connectivity index (χ0n) is 7.43. The van der Waals surface area contributed by atoms with Crippen LogP contribution in [-0.4, -0.2) is 25.7 Å². The molecule has 0 aliphatic rings. The molecule has 2 aromatic rings. The van der Waals surface area contributed by atoms with E-state index in [0.717, 1.165) is 0 Å². The van der Waals surface area contributed by atoms with E-state index in [0.29, 0.717) is 17.0 Å². The summed E-state index contributed by atoms with van der Waals surface area (Å²) in [6.07, 6.45) is 2.94. The standard InChI is InChI=1S/C8H8N4O2/c1-4-6(8(13)14)7-10-2-5(9)3-12(7)11-4/h2-3H,9H2,1H3,(H,13,14). The first-order valence-corrected chi connectivity index (χ1v) is 3.93. The van der Waals surface area contributed by atoms with Crippen molar-refractivity contribution in [2.75, 3.05) is 5.73 Å². The van der Waals surface area contributed by atoms with Crippen molar-refractivity contribution in [1.82, 2.24) is 14.6 Å². The van der Waals surface area contributed by atoms with Gasteiger partial charge in [-0.25, -0.2) is 14.3 Å². The Bertz CT molecular complexity index is 517. The normalized spacial score (nSPS) is 10.6. The molecule has 72 valence electrons. The summed E-state index contributed by atoms with van der Waals surface area (Å²) in [5, 5.41) is 12.9. The Hall–Kier alpha value is -2.11. The molecule has 0 aromatic carbocycles. The topological polar surface area (TPSA) is 93.5 Å². The molecule has 0 fully saturated rings. The number of rotatable bonds is 1. The highest BCUT2D eigenvalue weighted by atomic mass is 16.4. The van der Waals surface area contributed by atoms with Crippen LogP contribution in [0, 0.1) is 6.92 Å². The molecule has 0 radical (unpaired) electrons. The van der Waals surface area contributed by atoms with Gasteiger partial charge >= 0.3 is 5.97 Å². The molecule has 0 atom stereocenters. The zero-order valence-corrected chi connectivity index (χ0v) is 7.43. The van der Waals surface area contributed by atoms with Crippen molar-refractivity contribution in [2.45, 2.75) is 6.92 Å². The number of carboxylic acids is 1. The average molecular weight is 192 g/mol. The van der Waals surface area contributed by atoms with E-state index >= 15 is 0 Å². The Morgan fingerprint density at radius 3 is 3.00 bits per heavy atom. The van der Waals surface area contributed by atoms with Gasteiger partial charge in [-0.05, 0) is 6.92 Å². The molecule has 6 heteroatoms. The number of nitrogens with zero attached hydrogens (tertiary/aromatic N) is 3. The lowest BCUT2D eigenvalue weighted by Gasteiger charge is -1.94. The molecule has 0 aliphatic carbocycles. The lowest BCUT2D eigenvalue weighted by molar-refractivity contribution is 0.0698. The number of aromatic carboxylic acids is 1. The number of fused-ring (bicyclic) bond motifs is 1. The molecule has 14 heavy (non-hydrogen) atoms. The quantitative estimate of drug-likeness (QED) is 0.678. The summed E-state index contributed by atoms with van der Waals surface area (Å²) in [6, 6.07) is 0. The third-order valence-corrected chi connectivity index (χ3v) is 1.88. The van der Waals surface area contributed by atoms with Crippen LogP contribution >= 0.6 is 0 Å². The molecular formula is C8H8N4O2. The number of nitrogen functional groups attached to an aromatic ring is 1. The monoisotopic (exact) mass is 192 g/mol. The van der Waals surface area contributed by atoms with Crippen molar-refractivity contribution in [3.05, 3.63) is 23.7 Å². The van der Waals surface area contributed by atoms with Crippen LogP contribution in [0.25, 0.3) is 5.65 Å². The number of nitrogens with two attached hydrogens (primary N) is 1. The first-order valence-electron chi connectivity index (χ1n) is 3.93. The summed E-state index contributed by atoms with van der Waals surface area (Å²) < 4.78 is 1.37. The second kappa shape index (κ2) is 2.69. The van der Waals surface area contributed by atoms with Crippen LogP contribution in [0.15, 0.2) is 12.4 Å². The third-order valence-electron chi connectivity index (χ3n) is 1.88. The Balaban J connectivity index is 2.84. The van der Waals surface area contributed by atoms with Crippen molar-refractivity contribution in [1.29, 1.82) is 0 Å². The molecule has 0 unspecified atom stereocenters. The molecule has 0 aliphatic heterocycles. The van der Waals surface area contributed by atoms with Gasteiger partial charge in [-0.1, -0.05) is 0 Å². The van der Waals surface area contributed by atoms with Crippen LogP contribution in [0.4, 0.5) is 5.69 Å². The van der Waals surface area contributed by atoms with Gasteiger partial charge in [-0.2, -0.15) is 5.10 Å². The molecule has 0 amide bonds. The van der Waals surface area contributed by atoms with Gasteiger partial charge in [0.1, 0.15) is 5.56 Å².